The van der Waals surface area contributed by atoms with Gasteiger partial charge < -0.3 is 0 Å². The van der Waals surface area contributed by atoms with E-state index in [1.807, 2.05) is 0 Å². The Bertz CT molecular complexity index is 954. The van der Waals surface area contributed by atoms with E-state index in [4.69, 9.17) is 11.6 Å². The third-order valence-corrected chi connectivity index (χ3v) is 3.96. The van der Waals surface area contributed by atoms with Crippen molar-refractivity contribution in [1.82, 2.24) is 14.8 Å². The first-order valence-corrected chi connectivity index (χ1v) is 7.91. The molecule has 1 aromatic heterocycles. The maximum atomic E-state index is 12.9. The molecule has 0 N–H and O–H groups in total. The van der Waals surface area contributed by atoms with Gasteiger partial charge in [-0.15, -0.1) is 21.8 Å². The number of carbonyl (C=O) groups is 1. The molecule has 0 unspecified atom stereocenters. The van der Waals surface area contributed by atoms with Crippen LogP contribution in [0.5, 0.6) is 0 Å². The van der Waals surface area contributed by atoms with Gasteiger partial charge in [-0.3, -0.25) is 19.5 Å². The summed E-state index contributed by atoms with van der Waals surface area (Å²) in [7, 11) is 0. The fraction of sp³-hybridized carbons (Fsp3) is 0.118. The average Bonchev–Trinajstić information content (AvgIpc) is 3.01. The summed E-state index contributed by atoms with van der Waals surface area (Å²) in [5, 5.41) is 19.1. The van der Waals surface area contributed by atoms with Crippen molar-refractivity contribution in [2.75, 3.05) is 0 Å². The number of nitrogens with zero attached hydrogens (tertiary/aromatic N) is 4. The monoisotopic (exact) mass is 356 g/mol. The number of benzene rings is 2. The highest BCUT2D eigenvalue weighted by atomic mass is 35.5. The van der Waals surface area contributed by atoms with Crippen LogP contribution >= 0.6 is 11.6 Å². The first-order chi connectivity index (χ1) is 12.0. The second kappa shape index (κ2) is 6.82. The number of nitro groups is 1. The zero-order chi connectivity index (χ0) is 18.0. The van der Waals surface area contributed by atoms with E-state index in [0.717, 1.165) is 0 Å². The number of carbonyl (C=O) groups excluding carboxylic acids is 1. The van der Waals surface area contributed by atoms with E-state index in [-0.39, 0.29) is 22.9 Å². The van der Waals surface area contributed by atoms with E-state index in [9.17, 15) is 14.9 Å². The summed E-state index contributed by atoms with van der Waals surface area (Å²) < 4.78 is 1.63. The SMILES string of the molecule is Cc1nnc(CCl)n1-c1ccc([N+](=O)[O-])cc1C(=O)c1ccccc1. The van der Waals surface area contributed by atoms with Crippen LogP contribution in [0, 0.1) is 17.0 Å². The van der Waals surface area contributed by atoms with Crippen molar-refractivity contribution in [3.8, 4) is 5.69 Å². The van der Waals surface area contributed by atoms with E-state index >= 15 is 0 Å². The number of alkyl halides is 1. The van der Waals surface area contributed by atoms with Crippen molar-refractivity contribution in [2.24, 2.45) is 0 Å². The lowest BCUT2D eigenvalue weighted by molar-refractivity contribution is -0.384. The topological polar surface area (TPSA) is 90.9 Å². The molecule has 8 heteroatoms. The quantitative estimate of drug-likeness (QED) is 0.302. The van der Waals surface area contributed by atoms with Crippen molar-refractivity contribution in [2.45, 2.75) is 12.8 Å². The molecule has 0 bridgehead atoms. The molecular weight excluding hydrogens is 344 g/mol. The normalized spacial score (nSPS) is 10.6. The van der Waals surface area contributed by atoms with Crippen LogP contribution < -0.4 is 0 Å². The molecule has 3 rings (SSSR count). The molecule has 0 fully saturated rings. The zero-order valence-corrected chi connectivity index (χ0v) is 14.0. The van der Waals surface area contributed by atoms with Gasteiger partial charge in [0, 0.05) is 17.7 Å². The second-order valence-electron chi connectivity index (χ2n) is 5.29. The number of rotatable bonds is 5. The third-order valence-electron chi connectivity index (χ3n) is 3.72. The van der Waals surface area contributed by atoms with Crippen molar-refractivity contribution in [3.05, 3.63) is 81.4 Å². The van der Waals surface area contributed by atoms with Gasteiger partial charge in [-0.25, -0.2) is 0 Å². The van der Waals surface area contributed by atoms with Gasteiger partial charge in [0.2, 0.25) is 0 Å². The fourth-order valence-corrected chi connectivity index (χ4v) is 2.74. The number of ketones is 1. The van der Waals surface area contributed by atoms with Crippen LogP contribution in [0.15, 0.2) is 48.5 Å². The van der Waals surface area contributed by atoms with Gasteiger partial charge in [-0.1, -0.05) is 30.3 Å². The highest BCUT2D eigenvalue weighted by Crippen LogP contribution is 2.26. The van der Waals surface area contributed by atoms with Gasteiger partial charge in [0.15, 0.2) is 11.6 Å². The van der Waals surface area contributed by atoms with Crippen molar-refractivity contribution >= 4 is 23.1 Å². The van der Waals surface area contributed by atoms with Crippen LogP contribution in [0.25, 0.3) is 5.69 Å². The standard InChI is InChI=1S/C17H13ClN4O3/c1-11-19-20-16(10-18)21(11)15-8-7-13(22(24)25)9-14(15)17(23)12-5-3-2-4-6-12/h2-9H,10H2,1H3. The van der Waals surface area contributed by atoms with Gasteiger partial charge in [-0.05, 0) is 13.0 Å². The molecule has 0 aliphatic rings. The summed E-state index contributed by atoms with van der Waals surface area (Å²) in [6, 6.07) is 12.7. The molecule has 0 saturated heterocycles. The molecule has 25 heavy (non-hydrogen) atoms. The summed E-state index contributed by atoms with van der Waals surface area (Å²) in [6.45, 7) is 1.72. The molecular formula is C17H13ClN4O3. The Morgan fingerprint density at radius 1 is 1.20 bits per heavy atom. The van der Waals surface area contributed by atoms with Crippen LogP contribution in [0.2, 0.25) is 0 Å². The molecule has 0 atom stereocenters. The molecule has 0 amide bonds. The van der Waals surface area contributed by atoms with Gasteiger partial charge >= 0.3 is 0 Å². The third kappa shape index (κ3) is 3.14. The summed E-state index contributed by atoms with van der Waals surface area (Å²) in [5.41, 5.74) is 0.913. The van der Waals surface area contributed by atoms with Gasteiger partial charge in [0.25, 0.3) is 5.69 Å². The molecule has 0 spiro atoms. The average molecular weight is 357 g/mol. The highest BCUT2D eigenvalue weighted by molar-refractivity contribution is 6.16. The molecule has 126 valence electrons. The van der Waals surface area contributed by atoms with Crippen LogP contribution in [-0.2, 0) is 5.88 Å². The Labute approximate surface area is 148 Å². The minimum Gasteiger partial charge on any atom is -0.289 e. The van der Waals surface area contributed by atoms with Crippen LogP contribution in [0.4, 0.5) is 5.69 Å². The highest BCUT2D eigenvalue weighted by Gasteiger charge is 2.22. The molecule has 0 saturated carbocycles. The lowest BCUT2D eigenvalue weighted by Crippen LogP contribution is -2.11. The summed E-state index contributed by atoms with van der Waals surface area (Å²) in [4.78, 5) is 23.5. The van der Waals surface area contributed by atoms with E-state index in [0.29, 0.717) is 22.9 Å². The maximum Gasteiger partial charge on any atom is 0.270 e. The predicted octanol–water partition coefficient (Wildman–Crippen LogP) is 3.45. The number of halogens is 1. The van der Waals surface area contributed by atoms with Crippen molar-refractivity contribution in [1.29, 1.82) is 0 Å². The summed E-state index contributed by atoms with van der Waals surface area (Å²) in [5.74, 6) is 0.756. The largest absolute Gasteiger partial charge is 0.289 e. The van der Waals surface area contributed by atoms with Gasteiger partial charge in [-0.2, -0.15) is 0 Å². The Balaban J connectivity index is 2.24. The number of aryl methyl sites for hydroxylation is 1. The van der Waals surface area contributed by atoms with Crippen molar-refractivity contribution < 1.29 is 9.72 Å². The molecule has 2 aromatic carbocycles. The predicted molar refractivity (Wildman–Crippen MR) is 92.2 cm³/mol. The molecule has 0 radical (unpaired) electrons. The molecule has 3 aromatic rings. The lowest BCUT2D eigenvalue weighted by atomic mass is 10.0. The zero-order valence-electron chi connectivity index (χ0n) is 13.2. The molecule has 0 aliphatic heterocycles. The number of aromatic nitrogens is 3. The Kier molecular flexibility index (Phi) is 4.58. The molecule has 1 heterocycles. The second-order valence-corrected chi connectivity index (χ2v) is 5.55. The number of hydrogen-bond acceptors (Lipinski definition) is 5. The first-order valence-electron chi connectivity index (χ1n) is 7.38. The minimum atomic E-state index is -0.535. The summed E-state index contributed by atoms with van der Waals surface area (Å²) >= 11 is 5.91. The van der Waals surface area contributed by atoms with E-state index in [1.54, 1.807) is 41.8 Å². The summed E-state index contributed by atoms with van der Waals surface area (Å²) in [6.07, 6.45) is 0. The first kappa shape index (κ1) is 16.8. The van der Waals surface area contributed by atoms with Crippen LogP contribution in [-0.4, -0.2) is 25.5 Å². The number of hydrogen-bond donors (Lipinski definition) is 0. The minimum absolute atomic E-state index is 0.0940. The maximum absolute atomic E-state index is 12.9. The van der Waals surface area contributed by atoms with E-state index in [1.165, 1.54) is 18.2 Å². The Hall–Kier alpha value is -3.06. The van der Waals surface area contributed by atoms with E-state index in [2.05, 4.69) is 10.2 Å². The lowest BCUT2D eigenvalue weighted by Gasteiger charge is -2.12. The van der Waals surface area contributed by atoms with Crippen LogP contribution in [0.3, 0.4) is 0 Å². The molecule has 7 nitrogen and oxygen atoms in total. The van der Waals surface area contributed by atoms with Crippen molar-refractivity contribution in [3.63, 3.8) is 0 Å². The van der Waals surface area contributed by atoms with Gasteiger partial charge in [0.05, 0.1) is 22.1 Å². The van der Waals surface area contributed by atoms with Crippen LogP contribution in [0.1, 0.15) is 27.6 Å². The Morgan fingerprint density at radius 2 is 1.92 bits per heavy atom. The smallest absolute Gasteiger partial charge is 0.270 e. The number of nitro benzene ring substituents is 1. The van der Waals surface area contributed by atoms with E-state index < -0.39 is 4.92 Å². The number of non-ortho nitro benzene ring substituents is 1. The fourth-order valence-electron chi connectivity index (χ4n) is 2.57. The Morgan fingerprint density at radius 3 is 2.56 bits per heavy atom. The molecule has 0 aliphatic carbocycles. The van der Waals surface area contributed by atoms with Gasteiger partial charge in [0.1, 0.15) is 5.82 Å².